The first-order chi connectivity index (χ1) is 13.5. The van der Waals surface area contributed by atoms with Crippen molar-refractivity contribution >= 4 is 40.1 Å². The molecule has 0 spiro atoms. The highest BCUT2D eigenvalue weighted by atomic mass is 35.5. The van der Waals surface area contributed by atoms with Gasteiger partial charge in [0.15, 0.2) is 5.17 Å². The third kappa shape index (κ3) is 3.74. The quantitative estimate of drug-likeness (QED) is 0.645. The van der Waals surface area contributed by atoms with Crippen LogP contribution in [0.25, 0.3) is 0 Å². The SMILES string of the molecule is NC1=N[C@@]2(c3cc(NC(=O)C4CC=C(Cl)NC4)ccc3F)CCCCC2CS1. The first-order valence-corrected chi connectivity index (χ1v) is 11.0. The fourth-order valence-corrected chi connectivity index (χ4v) is 5.64. The molecule has 0 radical (unpaired) electrons. The van der Waals surface area contributed by atoms with Crippen LogP contribution in [0.2, 0.25) is 0 Å². The Kier molecular flexibility index (Phi) is 5.56. The lowest BCUT2D eigenvalue weighted by atomic mass is 9.69. The molecule has 28 heavy (non-hydrogen) atoms. The van der Waals surface area contributed by atoms with Crippen molar-refractivity contribution in [3.8, 4) is 0 Å². The number of amidine groups is 1. The number of aliphatic imine (C=N–C) groups is 1. The summed E-state index contributed by atoms with van der Waals surface area (Å²) in [7, 11) is 0. The molecule has 1 aromatic carbocycles. The summed E-state index contributed by atoms with van der Waals surface area (Å²) in [6, 6.07) is 4.78. The molecule has 8 heteroatoms. The van der Waals surface area contributed by atoms with Crippen molar-refractivity contribution < 1.29 is 9.18 Å². The number of hydrogen-bond acceptors (Lipinski definition) is 5. The predicted octanol–water partition coefficient (Wildman–Crippen LogP) is 3.90. The Morgan fingerprint density at radius 1 is 1.43 bits per heavy atom. The van der Waals surface area contributed by atoms with Crippen LogP contribution in [0.5, 0.6) is 0 Å². The van der Waals surface area contributed by atoms with Gasteiger partial charge >= 0.3 is 0 Å². The lowest BCUT2D eigenvalue weighted by molar-refractivity contribution is -0.119. The van der Waals surface area contributed by atoms with Gasteiger partial charge in [-0.2, -0.15) is 0 Å². The summed E-state index contributed by atoms with van der Waals surface area (Å²) in [5.41, 5.74) is 6.55. The number of fused-ring (bicyclic) bond motifs is 1. The zero-order valence-corrected chi connectivity index (χ0v) is 17.1. The minimum Gasteiger partial charge on any atom is -0.379 e. The van der Waals surface area contributed by atoms with Crippen molar-refractivity contribution in [3.05, 3.63) is 40.8 Å². The molecule has 4 rings (SSSR count). The number of nitrogens with one attached hydrogen (secondary N) is 2. The van der Waals surface area contributed by atoms with Crippen LogP contribution in [-0.4, -0.2) is 23.4 Å². The van der Waals surface area contributed by atoms with Gasteiger partial charge in [-0.25, -0.2) is 4.39 Å². The molecule has 5 nitrogen and oxygen atoms in total. The van der Waals surface area contributed by atoms with E-state index in [4.69, 9.17) is 22.3 Å². The minimum atomic E-state index is -0.624. The Hall–Kier alpha value is -1.73. The maximum atomic E-state index is 14.9. The van der Waals surface area contributed by atoms with Crippen molar-refractivity contribution in [2.45, 2.75) is 37.6 Å². The Morgan fingerprint density at radius 3 is 3.07 bits per heavy atom. The smallest absolute Gasteiger partial charge is 0.229 e. The van der Waals surface area contributed by atoms with E-state index < -0.39 is 5.54 Å². The molecule has 1 saturated carbocycles. The van der Waals surface area contributed by atoms with Gasteiger partial charge in [-0.3, -0.25) is 9.79 Å². The highest BCUT2D eigenvalue weighted by Crippen LogP contribution is 2.50. The number of amides is 1. The molecule has 0 aromatic heterocycles. The summed E-state index contributed by atoms with van der Waals surface area (Å²) in [6.07, 6.45) is 6.30. The number of thioether (sulfide) groups is 1. The summed E-state index contributed by atoms with van der Waals surface area (Å²) in [5, 5.41) is 7.01. The van der Waals surface area contributed by atoms with E-state index in [-0.39, 0.29) is 23.6 Å². The van der Waals surface area contributed by atoms with Gasteiger partial charge in [0.05, 0.1) is 16.6 Å². The van der Waals surface area contributed by atoms with Crippen molar-refractivity contribution in [1.82, 2.24) is 5.32 Å². The molecule has 2 unspecified atom stereocenters. The molecule has 4 N–H and O–H groups in total. The number of rotatable bonds is 3. The topological polar surface area (TPSA) is 79.5 Å². The number of halogens is 2. The predicted molar refractivity (Wildman–Crippen MR) is 113 cm³/mol. The van der Waals surface area contributed by atoms with Gasteiger partial charge in [-0.05, 0) is 49.5 Å². The molecule has 2 heterocycles. The molecule has 0 saturated heterocycles. The van der Waals surface area contributed by atoms with Gasteiger partial charge in [-0.1, -0.05) is 36.2 Å². The van der Waals surface area contributed by atoms with E-state index in [1.54, 1.807) is 30.0 Å². The summed E-state index contributed by atoms with van der Waals surface area (Å²) in [5.74, 6) is 0.504. The maximum absolute atomic E-state index is 14.9. The van der Waals surface area contributed by atoms with E-state index in [0.29, 0.717) is 34.5 Å². The summed E-state index contributed by atoms with van der Waals surface area (Å²) in [6.45, 7) is 0.485. The van der Waals surface area contributed by atoms with Crippen LogP contribution in [0.3, 0.4) is 0 Å². The van der Waals surface area contributed by atoms with Gasteiger partial charge in [0.1, 0.15) is 5.82 Å². The average Bonchev–Trinajstić information content (AvgIpc) is 2.69. The van der Waals surface area contributed by atoms with Crippen molar-refractivity contribution in [2.24, 2.45) is 22.6 Å². The summed E-state index contributed by atoms with van der Waals surface area (Å²) in [4.78, 5) is 17.4. The number of carbonyl (C=O) groups is 1. The molecule has 3 aliphatic rings. The molecular weight excluding hydrogens is 399 g/mol. The van der Waals surface area contributed by atoms with Crippen molar-refractivity contribution in [1.29, 1.82) is 0 Å². The van der Waals surface area contributed by atoms with Crippen LogP contribution in [0.15, 0.2) is 34.4 Å². The summed E-state index contributed by atoms with van der Waals surface area (Å²) >= 11 is 7.45. The van der Waals surface area contributed by atoms with Crippen LogP contribution in [0, 0.1) is 17.7 Å². The number of benzene rings is 1. The third-order valence-corrected chi connectivity index (χ3v) is 7.19. The van der Waals surface area contributed by atoms with Crippen LogP contribution in [0.4, 0.5) is 10.1 Å². The lowest BCUT2D eigenvalue weighted by Gasteiger charge is -2.44. The number of nitrogens with zero attached hydrogens (tertiary/aromatic N) is 1. The first kappa shape index (κ1) is 19.6. The Morgan fingerprint density at radius 2 is 2.29 bits per heavy atom. The average molecular weight is 423 g/mol. The second kappa shape index (κ2) is 7.95. The number of hydrogen-bond donors (Lipinski definition) is 3. The molecule has 1 aliphatic carbocycles. The first-order valence-electron chi connectivity index (χ1n) is 9.66. The second-order valence-corrected chi connectivity index (χ2v) is 9.12. The van der Waals surface area contributed by atoms with Gasteiger partial charge in [0.2, 0.25) is 5.91 Å². The minimum absolute atomic E-state index is 0.106. The Balaban J connectivity index is 1.62. The zero-order valence-electron chi connectivity index (χ0n) is 15.5. The Bertz CT molecular complexity index is 845. The fourth-order valence-electron chi connectivity index (χ4n) is 4.43. The highest BCUT2D eigenvalue weighted by molar-refractivity contribution is 8.13. The van der Waals surface area contributed by atoms with Gasteiger partial charge in [-0.15, -0.1) is 0 Å². The van der Waals surface area contributed by atoms with E-state index in [1.807, 2.05) is 0 Å². The molecule has 3 atom stereocenters. The molecule has 1 amide bonds. The van der Waals surface area contributed by atoms with E-state index >= 15 is 0 Å². The standard InChI is InChI=1S/C20H24ClFN4OS/c21-17-7-4-12(10-24-17)18(27)25-14-5-6-16(22)15(9-14)20-8-2-1-3-13(20)11-28-19(23)26-20/h5-7,9,12-13,24H,1-4,8,10-11H2,(H2,23,26)(H,25,27)/t12?,13?,20-/m0/s1. The molecule has 1 fully saturated rings. The Labute approximate surface area is 173 Å². The second-order valence-electron chi connectivity index (χ2n) is 7.68. The molecular formula is C20H24ClFN4OS. The van der Waals surface area contributed by atoms with Crippen LogP contribution in [0.1, 0.15) is 37.7 Å². The molecule has 150 valence electrons. The monoisotopic (exact) mass is 422 g/mol. The fraction of sp³-hybridized carbons (Fsp3) is 0.500. The van der Waals surface area contributed by atoms with Crippen molar-refractivity contribution in [3.63, 3.8) is 0 Å². The van der Waals surface area contributed by atoms with Crippen molar-refractivity contribution in [2.75, 3.05) is 17.6 Å². The number of carbonyl (C=O) groups excluding carboxylic acids is 1. The highest BCUT2D eigenvalue weighted by Gasteiger charge is 2.46. The van der Waals surface area contributed by atoms with E-state index in [2.05, 4.69) is 10.6 Å². The zero-order chi connectivity index (χ0) is 19.7. The summed E-state index contributed by atoms with van der Waals surface area (Å²) < 4.78 is 14.9. The molecule has 0 bridgehead atoms. The van der Waals surface area contributed by atoms with Gasteiger partial charge in [0, 0.05) is 23.5 Å². The number of nitrogens with two attached hydrogens (primary N) is 1. The van der Waals surface area contributed by atoms with E-state index in [1.165, 1.54) is 6.07 Å². The van der Waals surface area contributed by atoms with Crippen LogP contribution >= 0.6 is 23.4 Å². The largest absolute Gasteiger partial charge is 0.379 e. The van der Waals surface area contributed by atoms with Crippen LogP contribution < -0.4 is 16.4 Å². The van der Waals surface area contributed by atoms with Gasteiger partial charge < -0.3 is 16.4 Å². The molecule has 2 aliphatic heterocycles. The molecule has 1 aromatic rings. The van der Waals surface area contributed by atoms with E-state index in [9.17, 15) is 9.18 Å². The van der Waals surface area contributed by atoms with Crippen LogP contribution in [-0.2, 0) is 10.3 Å². The normalized spacial score (nSPS) is 29.8. The lowest BCUT2D eigenvalue weighted by Crippen LogP contribution is -2.43. The maximum Gasteiger partial charge on any atom is 0.229 e. The number of anilines is 1. The third-order valence-electron chi connectivity index (χ3n) is 5.95. The van der Waals surface area contributed by atoms with E-state index in [0.717, 1.165) is 31.4 Å². The number of allylic oxidation sites excluding steroid dienone is 1. The van der Waals surface area contributed by atoms with Gasteiger partial charge in [0.25, 0.3) is 0 Å².